The fraction of sp³-hybridized carbons (Fsp3) is 0.0435. The number of phenols is 1. The molecule has 0 fully saturated rings. The highest BCUT2D eigenvalue weighted by molar-refractivity contribution is 5.92. The normalized spacial score (nSPS) is 11.1. The zero-order valence-corrected chi connectivity index (χ0v) is 15.7. The summed E-state index contributed by atoms with van der Waals surface area (Å²) in [7, 11) is 0. The van der Waals surface area contributed by atoms with Crippen molar-refractivity contribution in [2.75, 3.05) is 0 Å². The van der Waals surface area contributed by atoms with Crippen LogP contribution in [0.15, 0.2) is 73.2 Å². The molecule has 2 N–H and O–H groups in total. The lowest BCUT2D eigenvalue weighted by molar-refractivity contribution is 0.475. The van der Waals surface area contributed by atoms with Crippen LogP contribution < -0.4 is 0 Å². The Hall–Kier alpha value is -4.06. The number of nitrogens with one attached hydrogen (secondary N) is 1. The van der Waals surface area contributed by atoms with E-state index in [1.807, 2.05) is 55.6 Å². The third kappa shape index (κ3) is 3.21. The Balaban J connectivity index is 1.69. The Morgan fingerprint density at radius 3 is 2.55 bits per heavy atom. The Morgan fingerprint density at radius 1 is 0.828 bits per heavy atom. The van der Waals surface area contributed by atoms with Gasteiger partial charge in [0.1, 0.15) is 17.1 Å². The Morgan fingerprint density at radius 2 is 1.69 bits per heavy atom. The highest BCUT2D eigenvalue weighted by Crippen LogP contribution is 2.31. The van der Waals surface area contributed by atoms with Gasteiger partial charge in [-0.3, -0.25) is 4.98 Å². The number of aryl methyl sites for hydroxylation is 1. The summed E-state index contributed by atoms with van der Waals surface area (Å²) in [6.07, 6.45) is 5.41. The van der Waals surface area contributed by atoms with Crippen molar-refractivity contribution in [2.45, 2.75) is 6.92 Å². The van der Waals surface area contributed by atoms with Gasteiger partial charge in [-0.2, -0.15) is 0 Å². The van der Waals surface area contributed by atoms with Gasteiger partial charge in [0, 0.05) is 40.8 Å². The number of phenolic OH excluding ortho intramolecular Hbond substituents is 1. The Bertz CT molecular complexity index is 1340. The quantitative estimate of drug-likeness (QED) is 0.472. The summed E-state index contributed by atoms with van der Waals surface area (Å²) in [6, 6.07) is 16.9. The minimum atomic E-state index is 0.218. The number of hydrogen-bond donors (Lipinski definition) is 2. The lowest BCUT2D eigenvalue weighted by atomic mass is 10.0. The van der Waals surface area contributed by atoms with Crippen molar-refractivity contribution in [2.24, 2.45) is 0 Å². The van der Waals surface area contributed by atoms with E-state index in [1.54, 1.807) is 24.5 Å². The third-order valence-corrected chi connectivity index (χ3v) is 4.72. The van der Waals surface area contributed by atoms with Crippen LogP contribution in [0.5, 0.6) is 5.75 Å². The van der Waals surface area contributed by atoms with Crippen LogP contribution >= 0.6 is 0 Å². The van der Waals surface area contributed by atoms with Crippen LogP contribution in [0, 0.1) is 6.92 Å². The van der Waals surface area contributed by atoms with Crippen LogP contribution in [-0.2, 0) is 0 Å². The molecule has 5 aromatic rings. The van der Waals surface area contributed by atoms with E-state index in [0.29, 0.717) is 5.82 Å². The molecule has 0 aliphatic heterocycles. The van der Waals surface area contributed by atoms with Crippen LogP contribution in [0.25, 0.3) is 44.9 Å². The van der Waals surface area contributed by atoms with Crippen molar-refractivity contribution in [1.29, 1.82) is 0 Å². The van der Waals surface area contributed by atoms with Crippen molar-refractivity contribution in [1.82, 2.24) is 24.9 Å². The van der Waals surface area contributed by atoms with Gasteiger partial charge in [-0.15, -0.1) is 0 Å². The van der Waals surface area contributed by atoms with Crippen molar-refractivity contribution in [3.63, 3.8) is 0 Å². The summed E-state index contributed by atoms with van der Waals surface area (Å²) >= 11 is 0. The first-order chi connectivity index (χ1) is 14.2. The maximum atomic E-state index is 9.81. The van der Waals surface area contributed by atoms with Crippen LogP contribution in [0.1, 0.15) is 5.69 Å². The number of H-pyrrole nitrogens is 1. The van der Waals surface area contributed by atoms with Gasteiger partial charge >= 0.3 is 0 Å². The molecule has 4 heterocycles. The van der Waals surface area contributed by atoms with E-state index in [1.165, 1.54) is 0 Å². The van der Waals surface area contributed by atoms with Gasteiger partial charge in [0.2, 0.25) is 0 Å². The molecule has 4 aromatic heterocycles. The molecule has 0 saturated heterocycles. The van der Waals surface area contributed by atoms with E-state index in [4.69, 9.17) is 4.98 Å². The van der Waals surface area contributed by atoms with Crippen LogP contribution in [0.3, 0.4) is 0 Å². The maximum Gasteiger partial charge on any atom is 0.180 e. The zero-order chi connectivity index (χ0) is 19.8. The molecule has 0 aliphatic carbocycles. The number of benzene rings is 1. The molecule has 0 spiro atoms. The van der Waals surface area contributed by atoms with E-state index < -0.39 is 0 Å². The summed E-state index contributed by atoms with van der Waals surface area (Å²) in [5.74, 6) is 0.775. The molecule has 5 rings (SSSR count). The molecule has 0 aliphatic rings. The highest BCUT2D eigenvalue weighted by atomic mass is 16.3. The van der Waals surface area contributed by atoms with Gasteiger partial charge in [0.25, 0.3) is 0 Å². The third-order valence-electron chi connectivity index (χ3n) is 4.72. The van der Waals surface area contributed by atoms with Crippen molar-refractivity contribution >= 4 is 11.0 Å². The van der Waals surface area contributed by atoms with Gasteiger partial charge in [-0.05, 0) is 48.9 Å². The number of pyridine rings is 2. The van der Waals surface area contributed by atoms with E-state index in [0.717, 1.165) is 44.8 Å². The molecule has 0 radical (unpaired) electrons. The van der Waals surface area contributed by atoms with Crippen molar-refractivity contribution < 1.29 is 5.11 Å². The maximum absolute atomic E-state index is 9.81. The van der Waals surface area contributed by atoms with Gasteiger partial charge in [0.05, 0.1) is 5.69 Å². The minimum Gasteiger partial charge on any atom is -0.508 e. The predicted molar refractivity (Wildman–Crippen MR) is 112 cm³/mol. The summed E-state index contributed by atoms with van der Waals surface area (Å²) in [6.45, 7) is 1.94. The SMILES string of the molecule is Cc1cccc(-c2nc(-c3cncc(-c4cccc(O)c4)c3)c3cc[nH]c3n2)n1. The molecule has 6 nitrogen and oxygen atoms in total. The summed E-state index contributed by atoms with van der Waals surface area (Å²) in [5, 5.41) is 10.7. The van der Waals surface area contributed by atoms with E-state index in [2.05, 4.69) is 19.9 Å². The van der Waals surface area contributed by atoms with Gasteiger partial charge < -0.3 is 10.1 Å². The second kappa shape index (κ2) is 6.83. The average molecular weight is 379 g/mol. The molecular formula is C23H17N5O. The second-order valence-corrected chi connectivity index (χ2v) is 6.81. The topological polar surface area (TPSA) is 87.6 Å². The van der Waals surface area contributed by atoms with E-state index in [-0.39, 0.29) is 5.75 Å². The molecular weight excluding hydrogens is 362 g/mol. The summed E-state index contributed by atoms with van der Waals surface area (Å²) in [5.41, 5.74) is 5.81. The highest BCUT2D eigenvalue weighted by Gasteiger charge is 2.14. The first-order valence-corrected chi connectivity index (χ1v) is 9.21. The fourth-order valence-electron chi connectivity index (χ4n) is 3.36. The van der Waals surface area contributed by atoms with Gasteiger partial charge in [0.15, 0.2) is 5.82 Å². The lowest BCUT2D eigenvalue weighted by Gasteiger charge is -2.08. The number of aromatic amines is 1. The number of aromatic hydroxyl groups is 1. The number of hydrogen-bond acceptors (Lipinski definition) is 5. The van der Waals surface area contributed by atoms with Crippen LogP contribution in [-0.4, -0.2) is 30.0 Å². The Kier molecular flexibility index (Phi) is 4.02. The molecule has 140 valence electrons. The zero-order valence-electron chi connectivity index (χ0n) is 15.7. The molecule has 0 amide bonds. The number of aromatic nitrogens is 5. The largest absolute Gasteiger partial charge is 0.508 e. The van der Waals surface area contributed by atoms with Crippen LogP contribution in [0.2, 0.25) is 0 Å². The first kappa shape index (κ1) is 17.1. The summed E-state index contributed by atoms with van der Waals surface area (Å²) in [4.78, 5) is 21.6. The summed E-state index contributed by atoms with van der Waals surface area (Å²) < 4.78 is 0. The molecule has 0 saturated carbocycles. The lowest BCUT2D eigenvalue weighted by Crippen LogP contribution is -1.97. The second-order valence-electron chi connectivity index (χ2n) is 6.81. The standard InChI is InChI=1S/C23H17N5O/c1-14-4-2-7-20(26-14)23-27-21(19-8-9-25-22(19)28-23)17-10-16(12-24-13-17)15-5-3-6-18(29)11-15/h2-13,29H,1H3,(H,25,27,28). The molecule has 29 heavy (non-hydrogen) atoms. The van der Waals surface area contributed by atoms with Crippen molar-refractivity contribution in [3.8, 4) is 39.7 Å². The van der Waals surface area contributed by atoms with E-state index in [9.17, 15) is 5.11 Å². The smallest absolute Gasteiger partial charge is 0.180 e. The average Bonchev–Trinajstić information content (AvgIpc) is 3.22. The first-order valence-electron chi connectivity index (χ1n) is 9.21. The minimum absolute atomic E-state index is 0.218. The predicted octanol–water partition coefficient (Wildman–Crippen LogP) is 4.76. The molecule has 6 heteroatoms. The number of nitrogens with zero attached hydrogens (tertiary/aromatic N) is 4. The van der Waals surface area contributed by atoms with Crippen molar-refractivity contribution in [3.05, 3.63) is 78.9 Å². The number of fused-ring (bicyclic) bond motifs is 1. The van der Waals surface area contributed by atoms with Gasteiger partial charge in [-0.1, -0.05) is 18.2 Å². The number of rotatable bonds is 3. The fourth-order valence-corrected chi connectivity index (χ4v) is 3.36. The molecule has 0 bridgehead atoms. The molecule has 0 unspecified atom stereocenters. The molecule has 0 atom stereocenters. The van der Waals surface area contributed by atoms with Gasteiger partial charge in [-0.25, -0.2) is 15.0 Å². The molecule has 1 aromatic carbocycles. The monoisotopic (exact) mass is 379 g/mol. The van der Waals surface area contributed by atoms with Crippen LogP contribution in [0.4, 0.5) is 0 Å². The van der Waals surface area contributed by atoms with E-state index >= 15 is 0 Å². The Labute approximate surface area is 167 Å².